The van der Waals surface area contributed by atoms with Crippen molar-refractivity contribution in [2.75, 3.05) is 18.4 Å². The van der Waals surface area contributed by atoms with E-state index in [1.807, 2.05) is 36.9 Å². The third-order valence-electron chi connectivity index (χ3n) is 3.22. The SMILES string of the molecule is CCNc1ccc(C)cc1C(=O)N(CC(C)C)C(C)C. The first-order valence-electron chi connectivity index (χ1n) is 7.52. The van der Waals surface area contributed by atoms with Crippen LogP contribution in [-0.4, -0.2) is 29.9 Å². The lowest BCUT2D eigenvalue weighted by atomic mass is 10.1. The molecule has 0 unspecified atom stereocenters. The molecule has 0 aliphatic heterocycles. The molecule has 3 heteroatoms. The molecule has 1 aromatic carbocycles. The molecule has 0 saturated heterocycles. The van der Waals surface area contributed by atoms with Crippen LogP contribution in [-0.2, 0) is 0 Å². The van der Waals surface area contributed by atoms with E-state index < -0.39 is 0 Å². The average molecular weight is 276 g/mol. The molecule has 0 heterocycles. The quantitative estimate of drug-likeness (QED) is 0.853. The van der Waals surface area contributed by atoms with Crippen molar-refractivity contribution < 1.29 is 4.79 Å². The highest BCUT2D eigenvalue weighted by atomic mass is 16.2. The van der Waals surface area contributed by atoms with Crippen LogP contribution in [0.5, 0.6) is 0 Å². The second-order valence-corrected chi connectivity index (χ2v) is 6.02. The standard InChI is InChI=1S/C17H28N2O/c1-7-18-16-9-8-14(6)10-15(16)17(20)19(13(4)5)11-12(2)3/h8-10,12-13,18H,7,11H2,1-6H3. The van der Waals surface area contributed by atoms with E-state index in [9.17, 15) is 4.79 Å². The number of hydrogen-bond acceptors (Lipinski definition) is 2. The highest BCUT2D eigenvalue weighted by Gasteiger charge is 2.22. The number of nitrogens with zero attached hydrogens (tertiary/aromatic N) is 1. The number of aryl methyl sites for hydroxylation is 1. The van der Waals surface area contributed by atoms with Gasteiger partial charge in [0.05, 0.1) is 5.56 Å². The van der Waals surface area contributed by atoms with Gasteiger partial charge in [-0.1, -0.05) is 25.5 Å². The second kappa shape index (κ2) is 7.32. The van der Waals surface area contributed by atoms with Crippen molar-refractivity contribution in [1.29, 1.82) is 0 Å². The van der Waals surface area contributed by atoms with E-state index in [-0.39, 0.29) is 11.9 Å². The minimum atomic E-state index is 0.119. The lowest BCUT2D eigenvalue weighted by molar-refractivity contribution is 0.0683. The Bertz CT molecular complexity index is 452. The maximum Gasteiger partial charge on any atom is 0.256 e. The number of rotatable bonds is 6. The fourth-order valence-electron chi connectivity index (χ4n) is 2.26. The number of benzene rings is 1. The van der Waals surface area contributed by atoms with Gasteiger partial charge in [0.2, 0.25) is 0 Å². The van der Waals surface area contributed by atoms with E-state index in [2.05, 4.69) is 33.0 Å². The summed E-state index contributed by atoms with van der Waals surface area (Å²) < 4.78 is 0. The molecule has 1 N–H and O–H groups in total. The summed E-state index contributed by atoms with van der Waals surface area (Å²) >= 11 is 0. The molecule has 0 fully saturated rings. The summed E-state index contributed by atoms with van der Waals surface area (Å²) in [5, 5.41) is 3.28. The monoisotopic (exact) mass is 276 g/mol. The molecule has 0 saturated carbocycles. The van der Waals surface area contributed by atoms with E-state index in [0.29, 0.717) is 5.92 Å². The van der Waals surface area contributed by atoms with Crippen LogP contribution in [0, 0.1) is 12.8 Å². The van der Waals surface area contributed by atoms with E-state index in [0.717, 1.165) is 29.9 Å². The van der Waals surface area contributed by atoms with Gasteiger partial charge in [0.25, 0.3) is 5.91 Å². The predicted octanol–water partition coefficient (Wildman–Crippen LogP) is 3.93. The van der Waals surface area contributed by atoms with Crippen LogP contribution < -0.4 is 5.32 Å². The number of carbonyl (C=O) groups is 1. The van der Waals surface area contributed by atoms with Crippen molar-refractivity contribution in [3.63, 3.8) is 0 Å². The van der Waals surface area contributed by atoms with E-state index in [1.165, 1.54) is 0 Å². The van der Waals surface area contributed by atoms with Crippen LogP contribution >= 0.6 is 0 Å². The molecule has 112 valence electrons. The van der Waals surface area contributed by atoms with Gasteiger partial charge in [0.15, 0.2) is 0 Å². The fourth-order valence-corrected chi connectivity index (χ4v) is 2.26. The van der Waals surface area contributed by atoms with Crippen LogP contribution in [0.25, 0.3) is 0 Å². The van der Waals surface area contributed by atoms with Crippen LogP contribution in [0.1, 0.15) is 50.5 Å². The minimum absolute atomic E-state index is 0.119. The van der Waals surface area contributed by atoms with Gasteiger partial charge in [-0.3, -0.25) is 4.79 Å². The summed E-state index contributed by atoms with van der Waals surface area (Å²) in [6.45, 7) is 14.1. The molecule has 1 aromatic rings. The number of hydrogen-bond donors (Lipinski definition) is 1. The van der Waals surface area contributed by atoms with Crippen molar-refractivity contribution in [2.24, 2.45) is 5.92 Å². The Labute approximate surface area is 123 Å². The number of nitrogens with one attached hydrogen (secondary N) is 1. The number of carbonyl (C=O) groups excluding carboxylic acids is 1. The first kappa shape index (κ1) is 16.5. The summed E-state index contributed by atoms with van der Waals surface area (Å²) in [5.74, 6) is 0.585. The van der Waals surface area contributed by atoms with Gasteiger partial charge in [0, 0.05) is 24.8 Å². The van der Waals surface area contributed by atoms with Gasteiger partial charge >= 0.3 is 0 Å². The first-order valence-corrected chi connectivity index (χ1v) is 7.52. The molecule has 20 heavy (non-hydrogen) atoms. The third kappa shape index (κ3) is 4.26. The van der Waals surface area contributed by atoms with Crippen molar-refractivity contribution in [2.45, 2.75) is 47.6 Å². The maximum atomic E-state index is 12.9. The highest BCUT2D eigenvalue weighted by molar-refractivity contribution is 6.00. The zero-order valence-corrected chi connectivity index (χ0v) is 13.7. The van der Waals surface area contributed by atoms with Crippen molar-refractivity contribution in [3.05, 3.63) is 29.3 Å². The van der Waals surface area contributed by atoms with Gasteiger partial charge in [-0.05, 0) is 45.7 Å². The molecule has 0 radical (unpaired) electrons. The molecule has 0 atom stereocenters. The Morgan fingerprint density at radius 2 is 1.90 bits per heavy atom. The summed E-state index contributed by atoms with van der Waals surface area (Å²) in [6.07, 6.45) is 0. The van der Waals surface area contributed by atoms with Crippen molar-refractivity contribution in [3.8, 4) is 0 Å². The Hall–Kier alpha value is -1.51. The summed E-state index contributed by atoms with van der Waals surface area (Å²) in [5.41, 5.74) is 2.82. The Kier molecular flexibility index (Phi) is 6.05. The lowest BCUT2D eigenvalue weighted by Crippen LogP contribution is -2.39. The van der Waals surface area contributed by atoms with Crippen molar-refractivity contribution in [1.82, 2.24) is 4.90 Å². The first-order chi connectivity index (χ1) is 9.36. The van der Waals surface area contributed by atoms with Crippen LogP contribution in [0.2, 0.25) is 0 Å². The van der Waals surface area contributed by atoms with E-state index >= 15 is 0 Å². The zero-order valence-electron chi connectivity index (χ0n) is 13.7. The summed E-state index contributed by atoms with van der Waals surface area (Å²) in [4.78, 5) is 14.8. The van der Waals surface area contributed by atoms with Crippen molar-refractivity contribution >= 4 is 11.6 Å². The van der Waals surface area contributed by atoms with Gasteiger partial charge in [-0.2, -0.15) is 0 Å². The molecular formula is C17H28N2O. The Morgan fingerprint density at radius 3 is 2.40 bits per heavy atom. The second-order valence-electron chi connectivity index (χ2n) is 6.02. The van der Waals surface area contributed by atoms with Gasteiger partial charge in [-0.25, -0.2) is 0 Å². The molecule has 3 nitrogen and oxygen atoms in total. The van der Waals surface area contributed by atoms with E-state index in [4.69, 9.17) is 0 Å². The lowest BCUT2D eigenvalue weighted by Gasteiger charge is -2.29. The smallest absolute Gasteiger partial charge is 0.256 e. The Morgan fingerprint density at radius 1 is 1.25 bits per heavy atom. The topological polar surface area (TPSA) is 32.3 Å². The molecule has 0 aliphatic rings. The highest BCUT2D eigenvalue weighted by Crippen LogP contribution is 2.21. The van der Waals surface area contributed by atoms with Crippen LogP contribution in [0.15, 0.2) is 18.2 Å². The normalized spacial score (nSPS) is 11.0. The van der Waals surface area contributed by atoms with Gasteiger partial charge < -0.3 is 10.2 Å². The maximum absolute atomic E-state index is 12.9. The fraction of sp³-hybridized carbons (Fsp3) is 0.588. The molecule has 0 aliphatic carbocycles. The molecule has 0 spiro atoms. The molecule has 0 aromatic heterocycles. The molecule has 1 rings (SSSR count). The van der Waals surface area contributed by atoms with Crippen LogP contribution in [0.3, 0.4) is 0 Å². The summed E-state index contributed by atoms with van der Waals surface area (Å²) in [7, 11) is 0. The van der Waals surface area contributed by atoms with Gasteiger partial charge in [0.1, 0.15) is 0 Å². The Balaban J connectivity index is 3.13. The molecular weight excluding hydrogens is 248 g/mol. The molecule has 1 amide bonds. The van der Waals surface area contributed by atoms with Crippen LogP contribution in [0.4, 0.5) is 5.69 Å². The minimum Gasteiger partial charge on any atom is -0.385 e. The number of amides is 1. The number of anilines is 1. The summed E-state index contributed by atoms with van der Waals surface area (Å²) in [6, 6.07) is 6.23. The average Bonchev–Trinajstić information content (AvgIpc) is 2.37. The zero-order chi connectivity index (χ0) is 15.3. The van der Waals surface area contributed by atoms with E-state index in [1.54, 1.807) is 0 Å². The molecule has 0 bridgehead atoms. The third-order valence-corrected chi connectivity index (χ3v) is 3.22. The predicted molar refractivity (Wildman–Crippen MR) is 86.4 cm³/mol. The largest absolute Gasteiger partial charge is 0.385 e. The van der Waals surface area contributed by atoms with Gasteiger partial charge in [-0.15, -0.1) is 0 Å².